The first-order valence-corrected chi connectivity index (χ1v) is 7.22. The van der Waals surface area contributed by atoms with Crippen LogP contribution in [0, 0.1) is 5.82 Å². The summed E-state index contributed by atoms with van der Waals surface area (Å²) in [5.74, 6) is -0.237. The number of benzene rings is 2. The Bertz CT molecular complexity index is 574. The highest BCUT2D eigenvalue weighted by Crippen LogP contribution is 2.31. The fourth-order valence-corrected chi connectivity index (χ4v) is 2.69. The van der Waals surface area contributed by atoms with Crippen LogP contribution in [-0.2, 0) is 0 Å². The van der Waals surface area contributed by atoms with Crippen LogP contribution in [0.15, 0.2) is 46.9 Å². The summed E-state index contributed by atoms with van der Waals surface area (Å²) in [6.45, 7) is 2.80. The summed E-state index contributed by atoms with van der Waals surface area (Å²) in [6, 6.07) is 12.1. The van der Waals surface area contributed by atoms with Crippen LogP contribution in [0.3, 0.4) is 0 Å². The van der Waals surface area contributed by atoms with Crippen LogP contribution in [0.4, 0.5) is 4.39 Å². The molecule has 0 saturated heterocycles. The van der Waals surface area contributed by atoms with Crippen molar-refractivity contribution >= 4 is 27.5 Å². The number of halogens is 3. The normalized spacial score (nSPS) is 12.4. The molecule has 1 nitrogen and oxygen atoms in total. The zero-order valence-corrected chi connectivity index (χ0v) is 12.8. The average molecular weight is 343 g/mol. The van der Waals surface area contributed by atoms with Crippen LogP contribution >= 0.6 is 27.5 Å². The first-order valence-electron chi connectivity index (χ1n) is 6.05. The van der Waals surface area contributed by atoms with E-state index in [2.05, 4.69) is 21.2 Å². The Morgan fingerprint density at radius 3 is 2.74 bits per heavy atom. The Morgan fingerprint density at radius 1 is 1.26 bits per heavy atom. The molecule has 0 spiro atoms. The van der Waals surface area contributed by atoms with Gasteiger partial charge in [-0.05, 0) is 48.0 Å². The average Bonchev–Trinajstić information content (AvgIpc) is 2.39. The number of hydrogen-bond donors (Lipinski definition) is 1. The van der Waals surface area contributed by atoms with Crippen LogP contribution in [0.25, 0.3) is 0 Å². The molecular formula is C15H14BrClFN. The topological polar surface area (TPSA) is 12.0 Å². The summed E-state index contributed by atoms with van der Waals surface area (Å²) < 4.78 is 14.3. The standard InChI is InChI=1S/C15H14BrClFN/c1-2-19-15(10-4-3-5-12(18)8-10)13-9-11(17)6-7-14(13)16/h3-9,15,19H,2H2,1H3. The van der Waals surface area contributed by atoms with Gasteiger partial charge in [0, 0.05) is 9.50 Å². The van der Waals surface area contributed by atoms with Gasteiger partial charge in [-0.15, -0.1) is 0 Å². The Hall–Kier alpha value is -0.900. The van der Waals surface area contributed by atoms with Crippen molar-refractivity contribution in [3.05, 3.63) is 68.9 Å². The molecule has 1 atom stereocenters. The van der Waals surface area contributed by atoms with Gasteiger partial charge in [0.1, 0.15) is 5.82 Å². The maximum atomic E-state index is 13.4. The highest BCUT2D eigenvalue weighted by Gasteiger charge is 2.16. The Balaban J connectivity index is 2.48. The third kappa shape index (κ3) is 3.56. The second-order valence-corrected chi connectivity index (χ2v) is 5.50. The lowest BCUT2D eigenvalue weighted by atomic mass is 9.98. The van der Waals surface area contributed by atoms with E-state index in [4.69, 9.17) is 11.6 Å². The molecule has 2 rings (SSSR count). The molecule has 0 amide bonds. The van der Waals surface area contributed by atoms with Gasteiger partial charge in [0.25, 0.3) is 0 Å². The molecule has 100 valence electrons. The summed E-state index contributed by atoms with van der Waals surface area (Å²) in [5, 5.41) is 4.02. The fraction of sp³-hybridized carbons (Fsp3) is 0.200. The molecule has 0 heterocycles. The number of rotatable bonds is 4. The molecule has 0 fully saturated rings. The predicted molar refractivity (Wildman–Crippen MR) is 81.1 cm³/mol. The minimum absolute atomic E-state index is 0.0891. The maximum Gasteiger partial charge on any atom is 0.123 e. The molecule has 1 N–H and O–H groups in total. The largest absolute Gasteiger partial charge is 0.306 e. The lowest BCUT2D eigenvalue weighted by Crippen LogP contribution is -2.22. The van der Waals surface area contributed by atoms with Gasteiger partial charge in [-0.3, -0.25) is 0 Å². The van der Waals surface area contributed by atoms with Crippen molar-refractivity contribution in [2.75, 3.05) is 6.54 Å². The van der Waals surface area contributed by atoms with Gasteiger partial charge in [0.15, 0.2) is 0 Å². The van der Waals surface area contributed by atoms with Crippen molar-refractivity contribution in [1.29, 1.82) is 0 Å². The van der Waals surface area contributed by atoms with E-state index in [0.29, 0.717) is 5.02 Å². The SMILES string of the molecule is CCNC(c1cccc(F)c1)c1cc(Cl)ccc1Br. The molecule has 0 saturated carbocycles. The van der Waals surface area contributed by atoms with E-state index in [1.54, 1.807) is 12.1 Å². The van der Waals surface area contributed by atoms with E-state index < -0.39 is 0 Å². The van der Waals surface area contributed by atoms with E-state index >= 15 is 0 Å². The summed E-state index contributed by atoms with van der Waals surface area (Å²) in [7, 11) is 0. The summed E-state index contributed by atoms with van der Waals surface area (Å²) in [5.41, 5.74) is 1.88. The van der Waals surface area contributed by atoms with Gasteiger partial charge in [-0.2, -0.15) is 0 Å². The van der Waals surface area contributed by atoms with E-state index in [1.165, 1.54) is 6.07 Å². The predicted octanol–water partition coefficient (Wildman–Crippen LogP) is 4.94. The highest BCUT2D eigenvalue weighted by molar-refractivity contribution is 9.10. The quantitative estimate of drug-likeness (QED) is 0.830. The van der Waals surface area contributed by atoms with Crippen LogP contribution in [0.1, 0.15) is 24.1 Å². The van der Waals surface area contributed by atoms with Crippen molar-refractivity contribution in [2.45, 2.75) is 13.0 Å². The van der Waals surface area contributed by atoms with E-state index in [9.17, 15) is 4.39 Å². The van der Waals surface area contributed by atoms with Crippen LogP contribution in [0.2, 0.25) is 5.02 Å². The third-order valence-corrected chi connectivity index (χ3v) is 3.82. The van der Waals surface area contributed by atoms with Gasteiger partial charge in [0.05, 0.1) is 6.04 Å². The van der Waals surface area contributed by atoms with Gasteiger partial charge in [-0.25, -0.2) is 4.39 Å². The Labute approximate surface area is 125 Å². The molecule has 0 aliphatic heterocycles. The zero-order valence-electron chi connectivity index (χ0n) is 10.5. The van der Waals surface area contributed by atoms with Gasteiger partial charge >= 0.3 is 0 Å². The van der Waals surface area contributed by atoms with Crippen molar-refractivity contribution in [2.24, 2.45) is 0 Å². The van der Waals surface area contributed by atoms with Crippen molar-refractivity contribution in [1.82, 2.24) is 5.32 Å². The monoisotopic (exact) mass is 341 g/mol. The van der Waals surface area contributed by atoms with Crippen LogP contribution in [0.5, 0.6) is 0 Å². The molecule has 2 aromatic carbocycles. The lowest BCUT2D eigenvalue weighted by Gasteiger charge is -2.20. The van der Waals surface area contributed by atoms with Crippen LogP contribution in [-0.4, -0.2) is 6.54 Å². The lowest BCUT2D eigenvalue weighted by molar-refractivity contribution is 0.602. The second-order valence-electron chi connectivity index (χ2n) is 4.21. The zero-order chi connectivity index (χ0) is 13.8. The molecule has 4 heteroatoms. The molecule has 0 bridgehead atoms. The number of hydrogen-bond acceptors (Lipinski definition) is 1. The third-order valence-electron chi connectivity index (χ3n) is 2.86. The molecule has 0 aliphatic rings. The van der Waals surface area contributed by atoms with Gasteiger partial charge in [-0.1, -0.05) is 46.6 Å². The number of nitrogens with one attached hydrogen (secondary N) is 1. The summed E-state index contributed by atoms with van der Waals surface area (Å²) in [6.07, 6.45) is 0. The molecule has 0 aliphatic carbocycles. The smallest absolute Gasteiger partial charge is 0.123 e. The highest BCUT2D eigenvalue weighted by atomic mass is 79.9. The molecular weight excluding hydrogens is 329 g/mol. The first kappa shape index (κ1) is 14.5. The molecule has 19 heavy (non-hydrogen) atoms. The van der Waals surface area contributed by atoms with Crippen molar-refractivity contribution in [3.63, 3.8) is 0 Å². The van der Waals surface area contributed by atoms with Crippen LogP contribution < -0.4 is 5.32 Å². The van der Waals surface area contributed by atoms with E-state index in [-0.39, 0.29) is 11.9 Å². The molecule has 0 radical (unpaired) electrons. The van der Waals surface area contributed by atoms with Crippen molar-refractivity contribution < 1.29 is 4.39 Å². The molecule has 0 aromatic heterocycles. The Kier molecular flexibility index (Phi) is 4.97. The second kappa shape index (κ2) is 6.51. The Morgan fingerprint density at radius 2 is 2.05 bits per heavy atom. The van der Waals surface area contributed by atoms with E-state index in [1.807, 2.05) is 31.2 Å². The fourth-order valence-electron chi connectivity index (χ4n) is 2.03. The molecule has 2 aromatic rings. The van der Waals surface area contributed by atoms with Gasteiger partial charge in [0.2, 0.25) is 0 Å². The van der Waals surface area contributed by atoms with Crippen molar-refractivity contribution in [3.8, 4) is 0 Å². The maximum absolute atomic E-state index is 13.4. The molecule has 1 unspecified atom stereocenters. The summed E-state index contributed by atoms with van der Waals surface area (Å²) in [4.78, 5) is 0. The minimum atomic E-state index is -0.237. The first-order chi connectivity index (χ1) is 9.11. The minimum Gasteiger partial charge on any atom is -0.306 e. The summed E-state index contributed by atoms with van der Waals surface area (Å²) >= 11 is 9.58. The van der Waals surface area contributed by atoms with E-state index in [0.717, 1.165) is 22.1 Å². The van der Waals surface area contributed by atoms with Gasteiger partial charge < -0.3 is 5.32 Å².